The standard InChI is InChI=1S/C27H36O2/c1-5-8-9-10-11-18-27(4,23-14-16-25(28)21(19-23)12-6-2)24-15-17-26(29)22(20-24)13-7-3/h6-7,14-17,19-20,28-29H,2-3,5,8-13,18H2,1,4H3. The fourth-order valence-electron chi connectivity index (χ4n) is 4.03. The minimum Gasteiger partial charge on any atom is -0.508 e. The maximum Gasteiger partial charge on any atom is 0.119 e. The summed E-state index contributed by atoms with van der Waals surface area (Å²) < 4.78 is 0. The smallest absolute Gasteiger partial charge is 0.119 e. The van der Waals surface area contributed by atoms with Crippen LogP contribution in [0.4, 0.5) is 0 Å². The molecule has 2 aromatic rings. The van der Waals surface area contributed by atoms with Gasteiger partial charge in [-0.2, -0.15) is 0 Å². The van der Waals surface area contributed by atoms with Gasteiger partial charge in [0.2, 0.25) is 0 Å². The molecule has 0 aliphatic carbocycles. The first-order valence-corrected chi connectivity index (χ1v) is 10.8. The maximum atomic E-state index is 10.2. The highest BCUT2D eigenvalue weighted by Gasteiger charge is 2.29. The fourth-order valence-corrected chi connectivity index (χ4v) is 4.03. The zero-order chi connectivity index (χ0) is 21.3. The Labute approximate surface area is 176 Å². The summed E-state index contributed by atoms with van der Waals surface area (Å²) in [5.41, 5.74) is 4.00. The first-order chi connectivity index (χ1) is 14.0. The van der Waals surface area contributed by atoms with E-state index in [0.717, 1.165) is 24.0 Å². The van der Waals surface area contributed by atoms with Crippen molar-refractivity contribution in [2.75, 3.05) is 0 Å². The highest BCUT2D eigenvalue weighted by atomic mass is 16.3. The van der Waals surface area contributed by atoms with Crippen molar-refractivity contribution in [1.82, 2.24) is 0 Å². The summed E-state index contributed by atoms with van der Waals surface area (Å²) in [5.74, 6) is 0.633. The molecule has 0 bridgehead atoms. The average molecular weight is 393 g/mol. The van der Waals surface area contributed by atoms with Gasteiger partial charge in [-0.25, -0.2) is 0 Å². The van der Waals surface area contributed by atoms with Gasteiger partial charge in [0.25, 0.3) is 0 Å². The SMILES string of the molecule is C=CCc1cc(C(C)(CCCCCCC)c2ccc(O)c(CC=C)c2)ccc1O. The molecule has 2 rings (SSSR count). The molecule has 2 aromatic carbocycles. The Morgan fingerprint density at radius 3 is 1.72 bits per heavy atom. The summed E-state index contributed by atoms with van der Waals surface area (Å²) >= 11 is 0. The Balaban J connectivity index is 2.46. The number of unbranched alkanes of at least 4 members (excludes halogenated alkanes) is 4. The minimum absolute atomic E-state index is 0.195. The second kappa shape index (κ2) is 10.9. The Kier molecular flexibility index (Phi) is 8.57. The molecule has 29 heavy (non-hydrogen) atoms. The Bertz CT molecular complexity index is 760. The lowest BCUT2D eigenvalue weighted by atomic mass is 9.71. The van der Waals surface area contributed by atoms with Gasteiger partial charge in [0.1, 0.15) is 11.5 Å². The third-order valence-corrected chi connectivity index (χ3v) is 5.94. The molecule has 0 saturated carbocycles. The summed E-state index contributed by atoms with van der Waals surface area (Å²) in [6.07, 6.45) is 12.1. The molecule has 0 radical (unpaired) electrons. The van der Waals surface area contributed by atoms with Crippen molar-refractivity contribution in [2.24, 2.45) is 0 Å². The zero-order valence-corrected chi connectivity index (χ0v) is 18.1. The van der Waals surface area contributed by atoms with E-state index in [4.69, 9.17) is 0 Å². The van der Waals surface area contributed by atoms with Crippen molar-refractivity contribution in [3.05, 3.63) is 84.0 Å². The summed E-state index contributed by atoms with van der Waals surface area (Å²) in [7, 11) is 0. The molecule has 0 unspecified atom stereocenters. The lowest BCUT2D eigenvalue weighted by molar-refractivity contribution is 0.456. The third kappa shape index (κ3) is 5.76. The molecule has 0 saturated heterocycles. The average Bonchev–Trinajstić information content (AvgIpc) is 2.71. The van der Waals surface area contributed by atoms with Crippen molar-refractivity contribution in [1.29, 1.82) is 0 Å². The molecule has 0 amide bonds. The Morgan fingerprint density at radius 2 is 1.28 bits per heavy atom. The number of phenols is 2. The van der Waals surface area contributed by atoms with Gasteiger partial charge >= 0.3 is 0 Å². The summed E-state index contributed by atoms with van der Waals surface area (Å²) in [5, 5.41) is 20.5. The second-order valence-electron chi connectivity index (χ2n) is 8.17. The van der Waals surface area contributed by atoms with E-state index in [1.54, 1.807) is 12.1 Å². The van der Waals surface area contributed by atoms with Crippen LogP contribution in [-0.4, -0.2) is 10.2 Å². The number of rotatable bonds is 12. The van der Waals surface area contributed by atoms with Crippen molar-refractivity contribution in [2.45, 2.75) is 70.6 Å². The van der Waals surface area contributed by atoms with Crippen LogP contribution in [0, 0.1) is 0 Å². The quantitative estimate of drug-likeness (QED) is 0.296. The van der Waals surface area contributed by atoms with Gasteiger partial charge < -0.3 is 10.2 Å². The lowest BCUT2D eigenvalue weighted by Gasteiger charge is -2.32. The third-order valence-electron chi connectivity index (χ3n) is 5.94. The van der Waals surface area contributed by atoms with Crippen molar-refractivity contribution >= 4 is 0 Å². The number of phenolic OH excluding ortho intramolecular Hbond substituents is 2. The lowest BCUT2D eigenvalue weighted by Crippen LogP contribution is -2.24. The molecule has 0 spiro atoms. The van der Waals surface area contributed by atoms with E-state index < -0.39 is 0 Å². The van der Waals surface area contributed by atoms with Gasteiger partial charge in [0.05, 0.1) is 0 Å². The number of benzene rings is 2. The summed E-state index contributed by atoms with van der Waals surface area (Å²) in [6, 6.07) is 11.9. The van der Waals surface area contributed by atoms with E-state index in [0.29, 0.717) is 24.3 Å². The topological polar surface area (TPSA) is 40.5 Å². The number of allylic oxidation sites excluding steroid dienone is 2. The molecular formula is C27H36O2. The number of hydrogen-bond donors (Lipinski definition) is 2. The Hall–Kier alpha value is -2.48. The molecule has 0 aromatic heterocycles. The van der Waals surface area contributed by atoms with Crippen LogP contribution in [0.25, 0.3) is 0 Å². The molecular weight excluding hydrogens is 356 g/mol. The van der Waals surface area contributed by atoms with Crippen LogP contribution in [-0.2, 0) is 18.3 Å². The molecule has 0 aliphatic heterocycles. The molecule has 0 atom stereocenters. The minimum atomic E-state index is -0.195. The normalized spacial score (nSPS) is 11.4. The number of hydrogen-bond acceptors (Lipinski definition) is 2. The van der Waals surface area contributed by atoms with Crippen molar-refractivity contribution < 1.29 is 10.2 Å². The summed E-state index contributed by atoms with van der Waals surface area (Å²) in [6.45, 7) is 12.2. The number of aromatic hydroxyl groups is 2. The first-order valence-electron chi connectivity index (χ1n) is 10.8. The highest BCUT2D eigenvalue weighted by Crippen LogP contribution is 2.40. The van der Waals surface area contributed by atoms with Crippen LogP contribution >= 0.6 is 0 Å². The second-order valence-corrected chi connectivity index (χ2v) is 8.17. The van der Waals surface area contributed by atoms with E-state index in [-0.39, 0.29) is 5.41 Å². The monoisotopic (exact) mass is 392 g/mol. The zero-order valence-electron chi connectivity index (χ0n) is 18.1. The van der Waals surface area contributed by atoms with E-state index in [1.165, 1.54) is 36.8 Å². The molecule has 2 nitrogen and oxygen atoms in total. The van der Waals surface area contributed by atoms with E-state index in [2.05, 4.69) is 39.1 Å². The van der Waals surface area contributed by atoms with Gasteiger partial charge in [-0.05, 0) is 53.6 Å². The summed E-state index contributed by atoms with van der Waals surface area (Å²) in [4.78, 5) is 0. The van der Waals surface area contributed by atoms with Crippen LogP contribution in [0.2, 0.25) is 0 Å². The molecule has 0 fully saturated rings. The van der Waals surface area contributed by atoms with Crippen molar-refractivity contribution in [3.8, 4) is 11.5 Å². The van der Waals surface area contributed by atoms with Gasteiger partial charge in [-0.1, -0.05) is 82.4 Å². The molecule has 2 N–H and O–H groups in total. The molecule has 2 heteroatoms. The van der Waals surface area contributed by atoms with Crippen LogP contribution in [0.3, 0.4) is 0 Å². The van der Waals surface area contributed by atoms with E-state index in [1.807, 2.05) is 24.3 Å². The highest BCUT2D eigenvalue weighted by molar-refractivity contribution is 5.48. The predicted molar refractivity (Wildman–Crippen MR) is 124 cm³/mol. The van der Waals surface area contributed by atoms with Crippen LogP contribution in [0.1, 0.15) is 74.6 Å². The van der Waals surface area contributed by atoms with Crippen LogP contribution < -0.4 is 0 Å². The van der Waals surface area contributed by atoms with Gasteiger partial charge in [0.15, 0.2) is 0 Å². The fraction of sp³-hybridized carbons (Fsp3) is 0.407. The molecule has 156 valence electrons. The largest absolute Gasteiger partial charge is 0.508 e. The van der Waals surface area contributed by atoms with Gasteiger partial charge in [-0.3, -0.25) is 0 Å². The van der Waals surface area contributed by atoms with E-state index >= 15 is 0 Å². The van der Waals surface area contributed by atoms with Crippen LogP contribution in [0.5, 0.6) is 11.5 Å². The van der Waals surface area contributed by atoms with Crippen LogP contribution in [0.15, 0.2) is 61.7 Å². The van der Waals surface area contributed by atoms with Gasteiger partial charge in [-0.15, -0.1) is 13.2 Å². The predicted octanol–water partition coefficient (Wildman–Crippen LogP) is 7.22. The maximum absolute atomic E-state index is 10.2. The molecule has 0 heterocycles. The van der Waals surface area contributed by atoms with Crippen molar-refractivity contribution in [3.63, 3.8) is 0 Å². The van der Waals surface area contributed by atoms with Gasteiger partial charge in [0, 0.05) is 5.41 Å². The van der Waals surface area contributed by atoms with E-state index in [9.17, 15) is 10.2 Å². The first kappa shape index (κ1) is 22.8. The molecule has 0 aliphatic rings. The Morgan fingerprint density at radius 1 is 0.793 bits per heavy atom.